The zero-order valence-electron chi connectivity index (χ0n) is 23.1. The van der Waals surface area contributed by atoms with Crippen LogP contribution in [0.15, 0.2) is 30.7 Å². The van der Waals surface area contributed by atoms with Crippen LogP contribution in [0.25, 0.3) is 5.65 Å². The van der Waals surface area contributed by atoms with Gasteiger partial charge in [-0.1, -0.05) is 0 Å². The van der Waals surface area contributed by atoms with Crippen LogP contribution < -0.4 is 21.3 Å². The van der Waals surface area contributed by atoms with E-state index in [1.54, 1.807) is 4.52 Å². The number of pyridine rings is 1. The van der Waals surface area contributed by atoms with E-state index in [0.29, 0.717) is 23.9 Å². The molecule has 0 unspecified atom stereocenters. The lowest BCUT2D eigenvalue weighted by Gasteiger charge is -2.30. The fourth-order valence-corrected chi connectivity index (χ4v) is 5.13. The summed E-state index contributed by atoms with van der Waals surface area (Å²) in [5, 5.41) is 16.9. The van der Waals surface area contributed by atoms with Gasteiger partial charge in [-0.3, -0.25) is 9.78 Å². The fourth-order valence-electron chi connectivity index (χ4n) is 5.13. The maximum atomic E-state index is 14.1. The van der Waals surface area contributed by atoms with E-state index in [2.05, 4.69) is 36.1 Å². The van der Waals surface area contributed by atoms with Crippen molar-refractivity contribution >= 4 is 29.1 Å². The Labute approximate surface area is 233 Å². The summed E-state index contributed by atoms with van der Waals surface area (Å²) < 4.78 is 15.6. The monoisotopic (exact) mass is 551 g/mol. The normalized spacial score (nSPS) is 19.0. The zero-order chi connectivity index (χ0) is 28.1. The van der Waals surface area contributed by atoms with Gasteiger partial charge in [0.25, 0.3) is 5.91 Å². The van der Waals surface area contributed by atoms with Crippen molar-refractivity contribution in [3.63, 3.8) is 0 Å². The summed E-state index contributed by atoms with van der Waals surface area (Å²) in [6.07, 6.45) is 11.6. The Bertz CT molecular complexity index is 1330. The largest absolute Gasteiger partial charge is 0.366 e. The van der Waals surface area contributed by atoms with E-state index >= 15 is 0 Å². The topological polar surface area (TPSA) is 129 Å². The van der Waals surface area contributed by atoms with Crippen LogP contribution in [0.3, 0.4) is 0 Å². The lowest BCUT2D eigenvalue weighted by atomic mass is 9.91. The predicted octanol–water partition coefficient (Wildman–Crippen LogP) is 3.44. The fraction of sp³-hybridized carbons (Fsp3) is 0.536. The molecule has 2 aliphatic rings. The highest BCUT2D eigenvalue weighted by Gasteiger charge is 2.27. The number of fused-ring (bicyclic) bond motifs is 1. The average molecular weight is 552 g/mol. The Hall–Kier alpha value is -3.80. The first-order valence-corrected chi connectivity index (χ1v) is 14.1. The van der Waals surface area contributed by atoms with E-state index in [0.717, 1.165) is 56.8 Å². The number of hydrogen-bond acceptors (Lipinski definition) is 7. The quantitative estimate of drug-likeness (QED) is 0.269. The summed E-state index contributed by atoms with van der Waals surface area (Å²) in [6.45, 7) is 1.60. The van der Waals surface area contributed by atoms with Gasteiger partial charge in [-0.25, -0.2) is 18.7 Å². The van der Waals surface area contributed by atoms with Crippen LogP contribution in [0, 0.1) is 11.7 Å². The lowest BCUT2D eigenvalue weighted by Crippen LogP contribution is -2.45. The molecule has 0 saturated heterocycles. The molecule has 3 aromatic rings. The number of anilines is 2. The van der Waals surface area contributed by atoms with Gasteiger partial charge in [0.1, 0.15) is 5.82 Å². The SMILES string of the molecule is CN(C)CCCNC(=O)NC1CCC(Nc2cc(CC3CC3)c3ncc(C(=O)Nc4ccncc4F)n3n2)CC1. The molecule has 11 nitrogen and oxygen atoms in total. The second-order valence-electron chi connectivity index (χ2n) is 11.1. The highest BCUT2D eigenvalue weighted by molar-refractivity contribution is 6.03. The molecule has 3 aromatic heterocycles. The number of amides is 3. The van der Waals surface area contributed by atoms with Crippen molar-refractivity contribution in [3.8, 4) is 0 Å². The molecular formula is C28H38FN9O2. The molecule has 0 radical (unpaired) electrons. The highest BCUT2D eigenvalue weighted by Crippen LogP contribution is 2.34. The number of nitrogens with one attached hydrogen (secondary N) is 4. The van der Waals surface area contributed by atoms with Crippen molar-refractivity contribution in [2.24, 2.45) is 5.92 Å². The predicted molar refractivity (Wildman–Crippen MR) is 151 cm³/mol. The van der Waals surface area contributed by atoms with Gasteiger partial charge in [0.2, 0.25) is 0 Å². The van der Waals surface area contributed by atoms with Gasteiger partial charge in [-0.15, -0.1) is 5.10 Å². The molecule has 2 fully saturated rings. The molecule has 40 heavy (non-hydrogen) atoms. The van der Waals surface area contributed by atoms with Gasteiger partial charge in [-0.05, 0) is 90.1 Å². The zero-order valence-corrected chi connectivity index (χ0v) is 23.1. The third kappa shape index (κ3) is 7.23. The first-order chi connectivity index (χ1) is 19.4. The number of urea groups is 1. The molecule has 3 heterocycles. The molecule has 2 aliphatic carbocycles. The van der Waals surface area contributed by atoms with Gasteiger partial charge < -0.3 is 26.2 Å². The molecule has 0 aliphatic heterocycles. The molecule has 0 spiro atoms. The van der Waals surface area contributed by atoms with E-state index in [9.17, 15) is 14.0 Å². The Morgan fingerprint density at radius 1 is 1.10 bits per heavy atom. The van der Waals surface area contributed by atoms with Crippen LogP contribution >= 0.6 is 0 Å². The molecular weight excluding hydrogens is 513 g/mol. The summed E-state index contributed by atoms with van der Waals surface area (Å²) in [6, 6.07) is 3.69. The summed E-state index contributed by atoms with van der Waals surface area (Å²) in [7, 11) is 4.04. The molecule has 214 valence electrons. The van der Waals surface area contributed by atoms with E-state index < -0.39 is 11.7 Å². The van der Waals surface area contributed by atoms with Gasteiger partial charge in [0, 0.05) is 30.4 Å². The molecule has 3 amide bonds. The molecule has 0 atom stereocenters. The standard InChI is InChI=1S/C28H38FN9O2/c1-37(2)13-3-11-31-28(40)34-21-8-6-20(7-9-21)33-25-15-19(14-18-4-5-18)26-32-17-24(38(26)36-25)27(39)35-23-10-12-30-16-22(23)29/h10,12,15-18,20-21H,3-9,11,13-14H2,1-2H3,(H,33,36)(H,30,35,39)(H2,31,34,40). The van der Waals surface area contributed by atoms with E-state index in [1.807, 2.05) is 20.2 Å². The Morgan fingerprint density at radius 3 is 2.60 bits per heavy atom. The first kappa shape index (κ1) is 27.8. The number of carbonyl (C=O) groups is 2. The van der Waals surface area contributed by atoms with Crippen LogP contribution in [-0.2, 0) is 6.42 Å². The molecule has 0 bridgehead atoms. The Kier molecular flexibility index (Phi) is 8.73. The van der Waals surface area contributed by atoms with Crippen LogP contribution in [0.5, 0.6) is 0 Å². The average Bonchev–Trinajstić information content (AvgIpc) is 3.64. The summed E-state index contributed by atoms with van der Waals surface area (Å²) in [5.41, 5.74) is 1.96. The van der Waals surface area contributed by atoms with Gasteiger partial charge in [0.15, 0.2) is 17.2 Å². The Balaban J connectivity index is 1.22. The number of carbonyl (C=O) groups excluding carboxylic acids is 2. The minimum Gasteiger partial charge on any atom is -0.366 e. The van der Waals surface area contributed by atoms with Crippen molar-refractivity contribution in [1.82, 2.24) is 35.1 Å². The first-order valence-electron chi connectivity index (χ1n) is 14.1. The summed E-state index contributed by atoms with van der Waals surface area (Å²) >= 11 is 0. The maximum Gasteiger partial charge on any atom is 0.315 e. The molecule has 2 saturated carbocycles. The third-order valence-electron chi connectivity index (χ3n) is 7.48. The van der Waals surface area contributed by atoms with E-state index in [4.69, 9.17) is 5.10 Å². The molecule has 12 heteroatoms. The number of aromatic nitrogens is 4. The molecule has 5 rings (SSSR count). The van der Waals surface area contributed by atoms with Crippen molar-refractivity contribution in [3.05, 3.63) is 47.8 Å². The molecule has 4 N–H and O–H groups in total. The van der Waals surface area contributed by atoms with Crippen LogP contribution in [-0.4, -0.2) is 75.7 Å². The minimum absolute atomic E-state index is 0.0510. The number of halogens is 1. The van der Waals surface area contributed by atoms with Crippen LogP contribution in [0.4, 0.5) is 20.7 Å². The van der Waals surface area contributed by atoms with Crippen LogP contribution in [0.2, 0.25) is 0 Å². The Morgan fingerprint density at radius 2 is 1.88 bits per heavy atom. The lowest BCUT2D eigenvalue weighted by molar-refractivity contribution is 0.102. The van der Waals surface area contributed by atoms with E-state index in [-0.39, 0.29) is 29.5 Å². The second-order valence-corrected chi connectivity index (χ2v) is 11.1. The maximum absolute atomic E-state index is 14.1. The number of rotatable bonds is 11. The molecule has 0 aromatic carbocycles. The third-order valence-corrected chi connectivity index (χ3v) is 7.48. The van der Waals surface area contributed by atoms with Gasteiger partial charge in [0.05, 0.1) is 18.1 Å². The van der Waals surface area contributed by atoms with Crippen LogP contribution in [0.1, 0.15) is 61.0 Å². The van der Waals surface area contributed by atoms with E-state index in [1.165, 1.54) is 31.3 Å². The van der Waals surface area contributed by atoms with Gasteiger partial charge in [-0.2, -0.15) is 0 Å². The smallest absolute Gasteiger partial charge is 0.315 e. The number of nitrogens with zero attached hydrogens (tertiary/aromatic N) is 5. The number of hydrogen-bond donors (Lipinski definition) is 4. The van der Waals surface area contributed by atoms with Crippen molar-refractivity contribution in [2.45, 2.75) is 63.5 Å². The number of imidazole rings is 1. The van der Waals surface area contributed by atoms with Crippen molar-refractivity contribution < 1.29 is 14.0 Å². The highest BCUT2D eigenvalue weighted by atomic mass is 19.1. The summed E-state index contributed by atoms with van der Waals surface area (Å²) in [5.74, 6) is 0.197. The van der Waals surface area contributed by atoms with Gasteiger partial charge >= 0.3 is 6.03 Å². The summed E-state index contributed by atoms with van der Waals surface area (Å²) in [4.78, 5) is 35.6. The minimum atomic E-state index is -0.610. The van der Waals surface area contributed by atoms with Crippen molar-refractivity contribution in [2.75, 3.05) is 37.8 Å². The second kappa shape index (κ2) is 12.6. The van der Waals surface area contributed by atoms with Crippen molar-refractivity contribution in [1.29, 1.82) is 0 Å².